The summed E-state index contributed by atoms with van der Waals surface area (Å²) in [5.74, 6) is 0.495. The van der Waals surface area contributed by atoms with E-state index in [4.69, 9.17) is 21.7 Å². The molecule has 0 radical (unpaired) electrons. The van der Waals surface area contributed by atoms with Gasteiger partial charge in [-0.15, -0.1) is 0 Å². The number of nitrogens with one attached hydrogen (secondary N) is 2. The zero-order valence-corrected chi connectivity index (χ0v) is 14.3. The molecule has 0 unspecified atom stereocenters. The van der Waals surface area contributed by atoms with Crippen LogP contribution < -0.4 is 20.1 Å². The molecule has 0 aliphatic rings. The Morgan fingerprint density at radius 1 is 1.08 bits per heavy atom. The molecule has 0 heterocycles. The van der Waals surface area contributed by atoms with Gasteiger partial charge in [-0.1, -0.05) is 0 Å². The van der Waals surface area contributed by atoms with Crippen molar-refractivity contribution in [2.75, 3.05) is 19.5 Å². The summed E-state index contributed by atoms with van der Waals surface area (Å²) >= 11 is 5.08. The maximum Gasteiger partial charge on any atom is 0.269 e. The Kier molecular flexibility index (Phi) is 5.85. The average Bonchev–Trinajstić information content (AvgIpc) is 2.61. The maximum atomic E-state index is 12.3. The summed E-state index contributed by atoms with van der Waals surface area (Å²) in [4.78, 5) is 22.4. The number of nitro groups is 1. The molecule has 0 spiro atoms. The quantitative estimate of drug-likeness (QED) is 0.479. The van der Waals surface area contributed by atoms with Crippen LogP contribution in [0.25, 0.3) is 0 Å². The number of hydrogen-bond acceptors (Lipinski definition) is 6. The molecule has 8 nitrogen and oxygen atoms in total. The molecule has 0 aliphatic carbocycles. The standard InChI is InChI=1S/C16H15N3O5S/c1-23-13-7-10(8-14(9-13)24-2)15(20)18-16(25)17-11-3-5-12(6-4-11)19(21)22/h3-9H,1-2H3,(H2,17,18,20,25). The van der Waals surface area contributed by atoms with Crippen LogP contribution in [0, 0.1) is 10.1 Å². The molecule has 0 saturated carbocycles. The number of carbonyl (C=O) groups excluding carboxylic acids is 1. The van der Waals surface area contributed by atoms with E-state index < -0.39 is 10.8 Å². The first-order chi connectivity index (χ1) is 11.9. The van der Waals surface area contributed by atoms with Crippen molar-refractivity contribution in [3.05, 3.63) is 58.1 Å². The van der Waals surface area contributed by atoms with Crippen LogP contribution in [0.15, 0.2) is 42.5 Å². The zero-order valence-electron chi connectivity index (χ0n) is 13.4. The van der Waals surface area contributed by atoms with E-state index in [1.807, 2.05) is 0 Å². The number of amides is 1. The molecule has 0 aliphatic heterocycles. The monoisotopic (exact) mass is 361 g/mol. The summed E-state index contributed by atoms with van der Waals surface area (Å²) < 4.78 is 10.2. The van der Waals surface area contributed by atoms with Gasteiger partial charge in [-0.25, -0.2) is 0 Å². The maximum absolute atomic E-state index is 12.3. The number of thiocarbonyl (C=S) groups is 1. The minimum absolute atomic E-state index is 0.0380. The van der Waals surface area contributed by atoms with Crippen molar-refractivity contribution >= 4 is 34.6 Å². The molecule has 2 N–H and O–H groups in total. The molecule has 0 atom stereocenters. The van der Waals surface area contributed by atoms with Gasteiger partial charge < -0.3 is 14.8 Å². The van der Waals surface area contributed by atoms with Gasteiger partial charge in [0, 0.05) is 29.4 Å². The summed E-state index contributed by atoms with van der Waals surface area (Å²) in [5, 5.41) is 16.0. The number of rotatable bonds is 5. The topological polar surface area (TPSA) is 103 Å². The van der Waals surface area contributed by atoms with Crippen LogP contribution in [-0.2, 0) is 0 Å². The highest BCUT2D eigenvalue weighted by Gasteiger charge is 2.12. The number of anilines is 1. The third-order valence-corrected chi connectivity index (χ3v) is 3.38. The van der Waals surface area contributed by atoms with Gasteiger partial charge in [0.1, 0.15) is 11.5 Å². The summed E-state index contributed by atoms with van der Waals surface area (Å²) in [6.45, 7) is 0. The van der Waals surface area contributed by atoms with E-state index in [9.17, 15) is 14.9 Å². The summed E-state index contributed by atoms with van der Waals surface area (Å²) in [6.07, 6.45) is 0. The van der Waals surface area contributed by atoms with Gasteiger partial charge in [-0.3, -0.25) is 20.2 Å². The van der Waals surface area contributed by atoms with E-state index in [0.29, 0.717) is 22.7 Å². The van der Waals surface area contributed by atoms with E-state index in [-0.39, 0.29) is 10.8 Å². The Bertz CT molecular complexity index is 786. The predicted octanol–water partition coefficient (Wildman–Crippen LogP) is 2.74. The van der Waals surface area contributed by atoms with Gasteiger partial charge in [0.15, 0.2) is 5.11 Å². The van der Waals surface area contributed by atoms with E-state index in [1.165, 1.54) is 38.5 Å². The van der Waals surface area contributed by atoms with Crippen molar-refractivity contribution < 1.29 is 19.2 Å². The summed E-state index contributed by atoms with van der Waals surface area (Å²) in [7, 11) is 2.97. The van der Waals surface area contributed by atoms with Gasteiger partial charge in [-0.2, -0.15) is 0 Å². The number of non-ortho nitro benzene ring substituents is 1. The molecular formula is C16H15N3O5S. The molecule has 0 saturated heterocycles. The lowest BCUT2D eigenvalue weighted by atomic mass is 10.2. The van der Waals surface area contributed by atoms with Gasteiger partial charge in [-0.05, 0) is 36.5 Å². The molecule has 9 heteroatoms. The highest BCUT2D eigenvalue weighted by atomic mass is 32.1. The minimum atomic E-state index is -0.500. The van der Waals surface area contributed by atoms with Crippen LogP contribution in [0.2, 0.25) is 0 Å². The van der Waals surface area contributed by atoms with Crippen molar-refractivity contribution in [1.82, 2.24) is 5.32 Å². The Labute approximate surface area is 148 Å². The summed E-state index contributed by atoms with van der Waals surface area (Å²) in [6, 6.07) is 10.4. The Morgan fingerprint density at radius 2 is 1.64 bits per heavy atom. The molecular weight excluding hydrogens is 346 g/mol. The highest BCUT2D eigenvalue weighted by molar-refractivity contribution is 7.80. The lowest BCUT2D eigenvalue weighted by molar-refractivity contribution is -0.384. The fourth-order valence-electron chi connectivity index (χ4n) is 1.94. The lowest BCUT2D eigenvalue weighted by Crippen LogP contribution is -2.34. The Hall–Kier alpha value is -3.20. The fraction of sp³-hybridized carbons (Fsp3) is 0.125. The van der Waals surface area contributed by atoms with Gasteiger partial charge in [0.2, 0.25) is 0 Å². The van der Waals surface area contributed by atoms with Crippen LogP contribution in [0.3, 0.4) is 0 Å². The van der Waals surface area contributed by atoms with E-state index in [1.54, 1.807) is 18.2 Å². The van der Waals surface area contributed by atoms with Crippen LogP contribution in [-0.4, -0.2) is 30.2 Å². The lowest BCUT2D eigenvalue weighted by Gasteiger charge is -2.11. The van der Waals surface area contributed by atoms with E-state index in [2.05, 4.69) is 10.6 Å². The number of carbonyl (C=O) groups is 1. The van der Waals surface area contributed by atoms with Gasteiger partial charge >= 0.3 is 0 Å². The number of benzene rings is 2. The zero-order chi connectivity index (χ0) is 18.4. The second-order valence-corrected chi connectivity index (χ2v) is 5.22. The largest absolute Gasteiger partial charge is 0.497 e. The third-order valence-electron chi connectivity index (χ3n) is 3.18. The van der Waals surface area contributed by atoms with E-state index in [0.717, 1.165) is 0 Å². The molecule has 1 amide bonds. The Morgan fingerprint density at radius 3 is 2.12 bits per heavy atom. The second kappa shape index (κ2) is 8.06. The van der Waals surface area contributed by atoms with Gasteiger partial charge in [0.05, 0.1) is 19.1 Å². The molecule has 2 rings (SSSR count). The number of hydrogen-bond donors (Lipinski definition) is 2. The predicted molar refractivity (Wildman–Crippen MR) is 96.3 cm³/mol. The van der Waals surface area contributed by atoms with Gasteiger partial charge in [0.25, 0.3) is 11.6 Å². The smallest absolute Gasteiger partial charge is 0.269 e. The minimum Gasteiger partial charge on any atom is -0.497 e. The third kappa shape index (κ3) is 4.88. The SMILES string of the molecule is COc1cc(OC)cc(C(=O)NC(=S)Nc2ccc([N+](=O)[O-])cc2)c1. The molecule has 130 valence electrons. The van der Waals surface area contributed by atoms with Crippen molar-refractivity contribution in [3.8, 4) is 11.5 Å². The van der Waals surface area contributed by atoms with Crippen LogP contribution in [0.1, 0.15) is 10.4 Å². The fourth-order valence-corrected chi connectivity index (χ4v) is 2.15. The van der Waals surface area contributed by atoms with Crippen molar-refractivity contribution in [2.24, 2.45) is 0 Å². The molecule has 2 aromatic rings. The first-order valence-corrected chi connectivity index (χ1v) is 7.43. The second-order valence-electron chi connectivity index (χ2n) is 4.81. The average molecular weight is 361 g/mol. The number of nitrogens with zero attached hydrogens (tertiary/aromatic N) is 1. The molecule has 0 aromatic heterocycles. The molecule has 0 fully saturated rings. The van der Waals surface area contributed by atoms with Crippen LogP contribution >= 0.6 is 12.2 Å². The van der Waals surface area contributed by atoms with E-state index >= 15 is 0 Å². The number of methoxy groups -OCH3 is 2. The number of ether oxygens (including phenoxy) is 2. The molecule has 0 bridgehead atoms. The highest BCUT2D eigenvalue weighted by Crippen LogP contribution is 2.22. The van der Waals surface area contributed by atoms with Crippen molar-refractivity contribution in [2.45, 2.75) is 0 Å². The summed E-state index contributed by atoms with van der Waals surface area (Å²) in [5.41, 5.74) is 0.784. The van der Waals surface area contributed by atoms with Crippen molar-refractivity contribution in [1.29, 1.82) is 0 Å². The normalized spacial score (nSPS) is 9.84. The molecule has 2 aromatic carbocycles. The Balaban J connectivity index is 2.04. The van der Waals surface area contributed by atoms with Crippen LogP contribution in [0.4, 0.5) is 11.4 Å². The first-order valence-electron chi connectivity index (χ1n) is 7.03. The number of nitro benzene ring substituents is 1. The van der Waals surface area contributed by atoms with Crippen molar-refractivity contribution in [3.63, 3.8) is 0 Å². The van der Waals surface area contributed by atoms with Crippen LogP contribution in [0.5, 0.6) is 11.5 Å². The first kappa shape index (κ1) is 18.1. The molecule has 25 heavy (non-hydrogen) atoms.